The van der Waals surface area contributed by atoms with Crippen LogP contribution in [0.1, 0.15) is 27.7 Å². The maximum absolute atomic E-state index is 13.6. The van der Waals surface area contributed by atoms with Gasteiger partial charge in [-0.15, -0.1) is 0 Å². The lowest BCUT2D eigenvalue weighted by Gasteiger charge is -2.19. The fourth-order valence-corrected chi connectivity index (χ4v) is 1.86. The second-order valence-corrected chi connectivity index (χ2v) is 4.20. The first-order valence-electron chi connectivity index (χ1n) is 5.07. The number of likely N-dealkylation sites (tertiary alicyclic amines) is 1. The molecule has 1 nitrogen and oxygen atoms in total. The topological polar surface area (TPSA) is 3.24 Å². The normalized spacial score (nSPS) is 31.7. The van der Waals surface area contributed by atoms with Crippen molar-refractivity contribution in [3.05, 3.63) is 11.6 Å². The first-order valence-corrected chi connectivity index (χ1v) is 5.07. The monoisotopic (exact) mass is 185 g/mol. The molecule has 0 aromatic carbocycles. The zero-order valence-electron chi connectivity index (χ0n) is 9.05. The fraction of sp³-hybridized carbons (Fsp3) is 0.818. The molecule has 2 heteroatoms. The van der Waals surface area contributed by atoms with E-state index in [1.807, 2.05) is 19.9 Å². The summed E-state index contributed by atoms with van der Waals surface area (Å²) in [4.78, 5) is 2.21. The van der Waals surface area contributed by atoms with Crippen molar-refractivity contribution in [3.63, 3.8) is 0 Å². The van der Waals surface area contributed by atoms with E-state index in [0.29, 0.717) is 12.6 Å². The van der Waals surface area contributed by atoms with Crippen LogP contribution in [-0.2, 0) is 0 Å². The molecule has 1 aliphatic rings. The second-order valence-electron chi connectivity index (χ2n) is 4.20. The third kappa shape index (κ3) is 2.31. The number of allylic oxidation sites excluding steroid dienone is 1. The molecule has 13 heavy (non-hydrogen) atoms. The number of rotatable bonds is 2. The Morgan fingerprint density at radius 2 is 2.08 bits per heavy atom. The molecule has 1 aliphatic heterocycles. The van der Waals surface area contributed by atoms with Crippen LogP contribution in [0.5, 0.6) is 0 Å². The van der Waals surface area contributed by atoms with Crippen LogP contribution in [0.3, 0.4) is 0 Å². The maximum Gasteiger partial charge on any atom is 0.120 e. The van der Waals surface area contributed by atoms with Gasteiger partial charge in [-0.1, -0.05) is 11.6 Å². The van der Waals surface area contributed by atoms with Gasteiger partial charge in [0.1, 0.15) is 6.17 Å². The van der Waals surface area contributed by atoms with Crippen molar-refractivity contribution in [2.45, 2.75) is 39.9 Å². The molecule has 1 rings (SSSR count). The predicted octanol–water partition coefficient (Wildman–Crippen LogP) is 2.63. The number of halogens is 1. The van der Waals surface area contributed by atoms with Crippen LogP contribution in [-0.4, -0.2) is 30.2 Å². The van der Waals surface area contributed by atoms with Crippen molar-refractivity contribution in [3.8, 4) is 0 Å². The molecule has 0 aromatic rings. The van der Waals surface area contributed by atoms with Gasteiger partial charge in [0.2, 0.25) is 0 Å². The van der Waals surface area contributed by atoms with Crippen LogP contribution >= 0.6 is 0 Å². The summed E-state index contributed by atoms with van der Waals surface area (Å²) in [5, 5.41) is 0. The van der Waals surface area contributed by atoms with Gasteiger partial charge in [-0.25, -0.2) is 4.39 Å². The summed E-state index contributed by atoms with van der Waals surface area (Å²) in [6.07, 6.45) is 1.36. The first kappa shape index (κ1) is 10.7. The van der Waals surface area contributed by atoms with E-state index >= 15 is 0 Å². The van der Waals surface area contributed by atoms with Crippen molar-refractivity contribution in [1.29, 1.82) is 0 Å². The molecule has 76 valence electrons. The summed E-state index contributed by atoms with van der Waals surface area (Å²) >= 11 is 0. The summed E-state index contributed by atoms with van der Waals surface area (Å²) in [5.74, 6) is 0.132. The van der Waals surface area contributed by atoms with Gasteiger partial charge in [0.15, 0.2) is 0 Å². The van der Waals surface area contributed by atoms with E-state index in [0.717, 1.165) is 6.54 Å². The summed E-state index contributed by atoms with van der Waals surface area (Å²) in [5.41, 5.74) is 1.19. The third-order valence-corrected chi connectivity index (χ3v) is 3.05. The minimum absolute atomic E-state index is 0.132. The van der Waals surface area contributed by atoms with Gasteiger partial charge in [-0.05, 0) is 27.7 Å². The Hall–Kier alpha value is -0.370. The average Bonchev–Trinajstić information content (AvgIpc) is 2.46. The molecule has 0 amide bonds. The Morgan fingerprint density at radius 1 is 1.46 bits per heavy atom. The molecule has 2 atom stereocenters. The average molecular weight is 185 g/mol. The number of hydrogen-bond acceptors (Lipinski definition) is 1. The van der Waals surface area contributed by atoms with Gasteiger partial charge in [0, 0.05) is 25.0 Å². The Labute approximate surface area is 80.6 Å². The van der Waals surface area contributed by atoms with Crippen molar-refractivity contribution in [2.24, 2.45) is 5.92 Å². The Morgan fingerprint density at radius 3 is 2.46 bits per heavy atom. The standard InChI is InChI=1S/C11H20FN/c1-5-9(4)10-6-13(8(2)3)7-11(10)12/h5,8,10-11H,6-7H2,1-4H3. The van der Waals surface area contributed by atoms with Gasteiger partial charge in [-0.2, -0.15) is 0 Å². The summed E-state index contributed by atoms with van der Waals surface area (Å²) in [6, 6.07) is 0.466. The number of nitrogens with zero attached hydrogens (tertiary/aromatic N) is 1. The molecule has 1 saturated heterocycles. The second kappa shape index (κ2) is 4.23. The highest BCUT2D eigenvalue weighted by Crippen LogP contribution is 2.27. The predicted molar refractivity (Wildman–Crippen MR) is 54.5 cm³/mol. The van der Waals surface area contributed by atoms with Gasteiger partial charge in [0.05, 0.1) is 0 Å². The Bertz CT molecular complexity index is 198. The van der Waals surface area contributed by atoms with E-state index < -0.39 is 6.17 Å². The van der Waals surface area contributed by atoms with E-state index in [-0.39, 0.29) is 5.92 Å². The van der Waals surface area contributed by atoms with Crippen LogP contribution in [0.25, 0.3) is 0 Å². The molecule has 0 aliphatic carbocycles. The van der Waals surface area contributed by atoms with Crippen LogP contribution in [0.4, 0.5) is 4.39 Å². The van der Waals surface area contributed by atoms with Crippen LogP contribution in [0, 0.1) is 5.92 Å². The highest BCUT2D eigenvalue weighted by atomic mass is 19.1. The summed E-state index contributed by atoms with van der Waals surface area (Å²) in [7, 11) is 0. The zero-order chi connectivity index (χ0) is 10.0. The van der Waals surface area contributed by atoms with Gasteiger partial charge < -0.3 is 0 Å². The summed E-state index contributed by atoms with van der Waals surface area (Å²) in [6.45, 7) is 9.75. The lowest BCUT2D eigenvalue weighted by atomic mass is 9.98. The highest BCUT2D eigenvalue weighted by molar-refractivity contribution is 5.09. The SMILES string of the molecule is CC=C(C)C1CN(C(C)C)CC1F. The molecule has 1 heterocycles. The van der Waals surface area contributed by atoms with Gasteiger partial charge in [-0.3, -0.25) is 4.90 Å². The molecule has 0 bridgehead atoms. The minimum atomic E-state index is -0.668. The molecule has 2 unspecified atom stereocenters. The van der Waals surface area contributed by atoms with E-state index in [4.69, 9.17) is 0 Å². The van der Waals surface area contributed by atoms with Crippen molar-refractivity contribution >= 4 is 0 Å². The number of alkyl halides is 1. The van der Waals surface area contributed by atoms with Gasteiger partial charge >= 0.3 is 0 Å². The highest BCUT2D eigenvalue weighted by Gasteiger charge is 2.34. The lowest BCUT2D eigenvalue weighted by molar-refractivity contribution is 0.245. The van der Waals surface area contributed by atoms with E-state index in [1.165, 1.54) is 5.57 Å². The molecule has 0 aromatic heterocycles. The summed E-state index contributed by atoms with van der Waals surface area (Å²) < 4.78 is 13.6. The van der Waals surface area contributed by atoms with Crippen molar-refractivity contribution in [2.75, 3.05) is 13.1 Å². The van der Waals surface area contributed by atoms with Crippen LogP contribution < -0.4 is 0 Å². The molecule has 1 fully saturated rings. The van der Waals surface area contributed by atoms with Crippen LogP contribution in [0.15, 0.2) is 11.6 Å². The number of hydrogen-bond donors (Lipinski definition) is 0. The molecule has 0 radical (unpaired) electrons. The molecular formula is C11H20FN. The lowest BCUT2D eigenvalue weighted by Crippen LogP contribution is -2.28. The third-order valence-electron chi connectivity index (χ3n) is 3.05. The van der Waals surface area contributed by atoms with Gasteiger partial charge in [0.25, 0.3) is 0 Å². The Balaban J connectivity index is 2.61. The molecule has 0 N–H and O–H groups in total. The van der Waals surface area contributed by atoms with E-state index in [2.05, 4.69) is 18.7 Å². The largest absolute Gasteiger partial charge is 0.297 e. The van der Waals surface area contributed by atoms with Crippen molar-refractivity contribution < 1.29 is 4.39 Å². The zero-order valence-corrected chi connectivity index (χ0v) is 9.05. The minimum Gasteiger partial charge on any atom is -0.297 e. The first-order chi connectivity index (χ1) is 6.06. The molecule has 0 spiro atoms. The molecule has 0 saturated carbocycles. The Kier molecular flexibility index (Phi) is 3.48. The fourth-order valence-electron chi connectivity index (χ4n) is 1.86. The molecular weight excluding hydrogens is 165 g/mol. The van der Waals surface area contributed by atoms with Crippen molar-refractivity contribution in [1.82, 2.24) is 4.90 Å². The quantitative estimate of drug-likeness (QED) is 0.598. The van der Waals surface area contributed by atoms with Crippen LogP contribution in [0.2, 0.25) is 0 Å². The maximum atomic E-state index is 13.6. The smallest absolute Gasteiger partial charge is 0.120 e. The van der Waals surface area contributed by atoms with E-state index in [1.54, 1.807) is 0 Å². The van der Waals surface area contributed by atoms with E-state index in [9.17, 15) is 4.39 Å².